The smallest absolute Gasteiger partial charge is 0.394 e. The molecule has 0 rings (SSSR count). The van der Waals surface area contributed by atoms with E-state index < -0.39 is 69.9 Å². The number of ether oxygens (including phenoxy) is 8. The van der Waals surface area contributed by atoms with Gasteiger partial charge >= 0.3 is 18.5 Å². The molecular weight excluding hydrogens is 582 g/mol. The Labute approximate surface area is 233 Å². The lowest BCUT2D eigenvalue weighted by Crippen LogP contribution is -2.44. The highest BCUT2D eigenvalue weighted by Crippen LogP contribution is 2.33. The van der Waals surface area contributed by atoms with Crippen molar-refractivity contribution in [3.63, 3.8) is 0 Å². The summed E-state index contributed by atoms with van der Waals surface area (Å²) in [5.74, 6) is 0. The zero-order valence-corrected chi connectivity index (χ0v) is 22.4. The molecule has 0 saturated carbocycles. The minimum atomic E-state index is -5.45. The lowest BCUT2D eigenvalue weighted by atomic mass is 10.2. The molecule has 0 aliphatic carbocycles. The van der Waals surface area contributed by atoms with Gasteiger partial charge in [-0.05, 0) is 12.8 Å². The first kappa shape index (κ1) is 39.8. The van der Waals surface area contributed by atoms with Gasteiger partial charge in [-0.15, -0.1) is 15.4 Å². The van der Waals surface area contributed by atoms with E-state index >= 15 is 0 Å². The first-order valence-corrected chi connectivity index (χ1v) is 12.5. The summed E-state index contributed by atoms with van der Waals surface area (Å²) in [7, 11) is 0. The molecule has 18 heteroatoms. The van der Waals surface area contributed by atoms with Crippen molar-refractivity contribution in [3.05, 3.63) is 12.7 Å². The Balaban J connectivity index is 4.06. The molecule has 0 radical (unpaired) electrons. The number of hydrogen-bond acceptors (Lipinski definition) is 12. The molecule has 3 atom stereocenters. The monoisotopic (exact) mass is 622 g/mol. The summed E-state index contributed by atoms with van der Waals surface area (Å²) in [6.07, 6.45) is -15.7. The second kappa shape index (κ2) is 22.4. The number of hydrogen-bond donors (Lipinski definition) is 4. The van der Waals surface area contributed by atoms with E-state index in [0.717, 1.165) is 0 Å². The number of aliphatic hydroxyl groups excluding tert-OH is 4. The first-order chi connectivity index (χ1) is 19.2. The van der Waals surface area contributed by atoms with Gasteiger partial charge in [0.15, 0.2) is 0 Å². The molecule has 0 amide bonds. The molecule has 0 heterocycles. The normalized spacial score (nSPS) is 15.2. The summed E-state index contributed by atoms with van der Waals surface area (Å²) in [4.78, 5) is 0. The van der Waals surface area contributed by atoms with Gasteiger partial charge in [0.1, 0.15) is 25.4 Å². The summed E-state index contributed by atoms with van der Waals surface area (Å²) in [6, 6.07) is 0. The van der Waals surface area contributed by atoms with Crippen LogP contribution in [0.2, 0.25) is 0 Å². The van der Waals surface area contributed by atoms with Crippen molar-refractivity contribution in [3.8, 4) is 0 Å². The summed E-state index contributed by atoms with van der Waals surface area (Å²) >= 11 is 0. The fraction of sp³-hybridized carbons (Fsp3) is 0.913. The van der Waals surface area contributed by atoms with Crippen molar-refractivity contribution in [2.75, 3.05) is 85.9 Å². The minimum Gasteiger partial charge on any atom is -0.394 e. The third-order valence-electron chi connectivity index (χ3n) is 4.30. The molecule has 246 valence electrons. The topological polar surface area (TPSA) is 155 Å². The van der Waals surface area contributed by atoms with Crippen LogP contribution in [0.25, 0.3) is 0 Å². The lowest BCUT2D eigenvalue weighted by molar-refractivity contribution is -0.518. The molecule has 0 bridgehead atoms. The fourth-order valence-corrected chi connectivity index (χ4v) is 2.66. The molecule has 4 N–H and O–H groups in total. The Morgan fingerprint density at radius 3 is 1.68 bits per heavy atom. The second-order valence-electron chi connectivity index (χ2n) is 8.39. The Morgan fingerprint density at radius 2 is 1.10 bits per heavy atom. The van der Waals surface area contributed by atoms with Gasteiger partial charge < -0.3 is 48.8 Å². The van der Waals surface area contributed by atoms with Crippen molar-refractivity contribution < 1.29 is 84.7 Å². The maximum absolute atomic E-state index is 13.6. The molecule has 0 aromatic rings. The Hall–Kier alpha value is -1.16. The van der Waals surface area contributed by atoms with E-state index in [4.69, 9.17) is 24.1 Å². The number of halogens is 6. The van der Waals surface area contributed by atoms with E-state index in [0.29, 0.717) is 26.1 Å². The second-order valence-corrected chi connectivity index (χ2v) is 8.39. The van der Waals surface area contributed by atoms with Crippen molar-refractivity contribution in [1.29, 1.82) is 0 Å². The zero-order valence-electron chi connectivity index (χ0n) is 22.4. The quantitative estimate of drug-likeness (QED) is 0.0406. The minimum absolute atomic E-state index is 0.0469. The van der Waals surface area contributed by atoms with E-state index in [2.05, 4.69) is 25.5 Å². The van der Waals surface area contributed by atoms with Crippen LogP contribution < -0.4 is 0 Å². The average molecular weight is 623 g/mol. The Kier molecular flexibility index (Phi) is 21.8. The molecule has 0 aromatic heterocycles. The average Bonchev–Trinajstić information content (AvgIpc) is 2.84. The van der Waals surface area contributed by atoms with Gasteiger partial charge in [0.05, 0.1) is 72.2 Å². The van der Waals surface area contributed by atoms with Crippen LogP contribution >= 0.6 is 0 Å². The summed E-state index contributed by atoms with van der Waals surface area (Å²) in [6.45, 7) is -2.38. The number of aliphatic hydroxyl groups is 4. The molecule has 12 nitrogen and oxygen atoms in total. The van der Waals surface area contributed by atoms with Crippen LogP contribution in [-0.4, -0.2) is 143 Å². The van der Waals surface area contributed by atoms with Gasteiger partial charge in [0.2, 0.25) is 0 Å². The molecule has 0 aromatic carbocycles. The van der Waals surface area contributed by atoms with Crippen LogP contribution in [0.1, 0.15) is 12.8 Å². The number of alkyl halides is 6. The zero-order chi connectivity index (χ0) is 31.2. The molecular formula is C23H40F6O12. The number of rotatable bonds is 29. The highest BCUT2D eigenvalue weighted by Gasteiger charge is 2.52. The summed E-state index contributed by atoms with van der Waals surface area (Å²) in [5.41, 5.74) is 0. The van der Waals surface area contributed by atoms with Gasteiger partial charge in [0, 0.05) is 6.61 Å². The van der Waals surface area contributed by atoms with E-state index in [1.807, 2.05) is 0 Å². The molecule has 0 spiro atoms. The predicted octanol–water partition coefficient (Wildman–Crippen LogP) is 0.896. The Bertz CT molecular complexity index is 650. The highest BCUT2D eigenvalue weighted by atomic mass is 19.3. The predicted molar refractivity (Wildman–Crippen MR) is 126 cm³/mol. The van der Waals surface area contributed by atoms with Crippen LogP contribution in [0.4, 0.5) is 26.3 Å². The molecule has 3 unspecified atom stereocenters. The third-order valence-corrected chi connectivity index (χ3v) is 4.30. The first-order valence-electron chi connectivity index (χ1n) is 12.5. The van der Waals surface area contributed by atoms with Gasteiger partial charge in [-0.3, -0.25) is 0 Å². The standard InChI is InChI=1S/C23H40F6O12/c1-2-6-34-7-3-4-18(31)11-38-14-19(32)13-36-9-10-37-16-21(24,25)40-23(28,29)41-22(26,27)17-39-15-20(33)12-35-8-5-30/h2,18-20,30-33H,1,3-17H2. The SMILES string of the molecule is C=CCOCCCC(O)COCC(O)COCCOCC(F)(F)OC(F)(F)OC(F)(F)COCC(O)COCCO. The molecule has 0 saturated heterocycles. The van der Waals surface area contributed by atoms with E-state index in [9.17, 15) is 41.7 Å². The van der Waals surface area contributed by atoms with Crippen molar-refractivity contribution in [1.82, 2.24) is 0 Å². The maximum atomic E-state index is 13.6. The van der Waals surface area contributed by atoms with Gasteiger partial charge in [-0.2, -0.15) is 17.6 Å². The van der Waals surface area contributed by atoms with E-state index in [1.165, 1.54) is 0 Å². The summed E-state index contributed by atoms with van der Waals surface area (Å²) < 4.78 is 116. The molecule has 41 heavy (non-hydrogen) atoms. The van der Waals surface area contributed by atoms with Crippen LogP contribution in [0.3, 0.4) is 0 Å². The van der Waals surface area contributed by atoms with Crippen LogP contribution in [0.15, 0.2) is 12.7 Å². The fourth-order valence-electron chi connectivity index (χ4n) is 2.66. The van der Waals surface area contributed by atoms with E-state index in [-0.39, 0.29) is 39.6 Å². The van der Waals surface area contributed by atoms with Crippen LogP contribution in [0.5, 0.6) is 0 Å². The van der Waals surface area contributed by atoms with Crippen molar-refractivity contribution in [2.24, 2.45) is 0 Å². The van der Waals surface area contributed by atoms with Gasteiger partial charge in [0.25, 0.3) is 0 Å². The third kappa shape index (κ3) is 25.1. The lowest BCUT2D eigenvalue weighted by Gasteiger charge is -2.26. The Morgan fingerprint density at radius 1 is 0.610 bits per heavy atom. The molecule has 0 aliphatic heterocycles. The van der Waals surface area contributed by atoms with Gasteiger partial charge in [-0.25, -0.2) is 9.47 Å². The van der Waals surface area contributed by atoms with E-state index in [1.54, 1.807) is 6.08 Å². The van der Waals surface area contributed by atoms with Crippen molar-refractivity contribution >= 4 is 0 Å². The largest absolute Gasteiger partial charge is 0.495 e. The molecule has 0 fully saturated rings. The van der Waals surface area contributed by atoms with Crippen LogP contribution in [0, 0.1) is 0 Å². The van der Waals surface area contributed by atoms with Crippen molar-refractivity contribution in [2.45, 2.75) is 49.7 Å². The highest BCUT2D eigenvalue weighted by molar-refractivity contribution is 4.64. The van der Waals surface area contributed by atoms with Gasteiger partial charge in [-0.1, -0.05) is 6.08 Å². The molecule has 0 aliphatic rings. The van der Waals surface area contributed by atoms with Crippen LogP contribution in [-0.2, 0) is 37.9 Å². The maximum Gasteiger partial charge on any atom is 0.495 e. The summed E-state index contributed by atoms with van der Waals surface area (Å²) in [5, 5.41) is 37.3.